The molecule has 1 unspecified atom stereocenters. The minimum absolute atomic E-state index is 0.617. The second-order valence-corrected chi connectivity index (χ2v) is 5.94. The van der Waals surface area contributed by atoms with Crippen molar-refractivity contribution in [3.05, 3.63) is 28.8 Å². The first kappa shape index (κ1) is 15.6. The lowest BCUT2D eigenvalue weighted by molar-refractivity contribution is 0.0576. The predicted molar refractivity (Wildman–Crippen MR) is 85.6 cm³/mol. The Morgan fingerprint density at radius 3 is 2.95 bits per heavy atom. The molecule has 0 bridgehead atoms. The summed E-state index contributed by atoms with van der Waals surface area (Å²) >= 11 is 6.42. The van der Waals surface area contributed by atoms with Gasteiger partial charge in [-0.2, -0.15) is 0 Å². The fourth-order valence-corrected chi connectivity index (χ4v) is 3.02. The van der Waals surface area contributed by atoms with Gasteiger partial charge < -0.3 is 15.0 Å². The molecule has 1 aliphatic heterocycles. The highest BCUT2D eigenvalue weighted by molar-refractivity contribution is 6.33. The van der Waals surface area contributed by atoms with Gasteiger partial charge in [0, 0.05) is 26.7 Å². The van der Waals surface area contributed by atoms with E-state index in [-0.39, 0.29) is 0 Å². The molecule has 1 fully saturated rings. The fraction of sp³-hybridized carbons (Fsp3) is 0.625. The monoisotopic (exact) mass is 296 g/mol. The van der Waals surface area contributed by atoms with Crippen LogP contribution in [0.15, 0.2) is 18.2 Å². The first-order valence-electron chi connectivity index (χ1n) is 7.48. The van der Waals surface area contributed by atoms with Crippen LogP contribution in [0.3, 0.4) is 0 Å². The molecule has 0 aliphatic carbocycles. The van der Waals surface area contributed by atoms with Gasteiger partial charge in [-0.25, -0.2) is 0 Å². The maximum atomic E-state index is 6.42. The number of hydrogen-bond acceptors (Lipinski definition) is 3. The van der Waals surface area contributed by atoms with Crippen molar-refractivity contribution in [1.82, 2.24) is 5.32 Å². The van der Waals surface area contributed by atoms with Gasteiger partial charge in [-0.15, -0.1) is 0 Å². The molecule has 1 aromatic carbocycles. The largest absolute Gasteiger partial charge is 0.381 e. The third-order valence-corrected chi connectivity index (χ3v) is 4.09. The van der Waals surface area contributed by atoms with E-state index < -0.39 is 0 Å². The van der Waals surface area contributed by atoms with Crippen LogP contribution >= 0.6 is 11.6 Å². The molecule has 1 aromatic rings. The Morgan fingerprint density at radius 2 is 2.30 bits per heavy atom. The van der Waals surface area contributed by atoms with E-state index in [1.807, 2.05) is 0 Å². The van der Waals surface area contributed by atoms with Crippen LogP contribution in [0.2, 0.25) is 5.02 Å². The van der Waals surface area contributed by atoms with E-state index in [9.17, 15) is 0 Å². The van der Waals surface area contributed by atoms with Crippen molar-refractivity contribution >= 4 is 17.3 Å². The zero-order valence-electron chi connectivity index (χ0n) is 12.5. The highest BCUT2D eigenvalue weighted by Crippen LogP contribution is 2.27. The average Bonchev–Trinajstić information content (AvgIpc) is 2.46. The number of hydrogen-bond donors (Lipinski definition) is 1. The van der Waals surface area contributed by atoms with Crippen molar-refractivity contribution in [3.63, 3.8) is 0 Å². The SMILES string of the molecule is CCNCc1ccc(N(C)CC2CCCOC2)c(Cl)c1. The molecule has 0 radical (unpaired) electrons. The zero-order chi connectivity index (χ0) is 14.4. The van der Waals surface area contributed by atoms with E-state index in [4.69, 9.17) is 16.3 Å². The van der Waals surface area contributed by atoms with E-state index in [1.54, 1.807) is 0 Å². The molecule has 1 atom stereocenters. The summed E-state index contributed by atoms with van der Waals surface area (Å²) in [6.07, 6.45) is 2.42. The molecule has 112 valence electrons. The lowest BCUT2D eigenvalue weighted by atomic mass is 10.0. The van der Waals surface area contributed by atoms with Gasteiger partial charge in [-0.3, -0.25) is 0 Å². The summed E-state index contributed by atoms with van der Waals surface area (Å²) in [6.45, 7) is 6.75. The summed E-state index contributed by atoms with van der Waals surface area (Å²) in [7, 11) is 2.11. The topological polar surface area (TPSA) is 24.5 Å². The van der Waals surface area contributed by atoms with Crippen LogP contribution in [-0.4, -0.2) is 33.4 Å². The Balaban J connectivity index is 1.96. The molecule has 0 spiro atoms. The first-order valence-corrected chi connectivity index (χ1v) is 7.86. The minimum Gasteiger partial charge on any atom is -0.381 e. The molecule has 20 heavy (non-hydrogen) atoms. The standard InChI is InChI=1S/C16H25ClN2O/c1-3-18-10-13-6-7-16(15(17)9-13)19(2)11-14-5-4-8-20-12-14/h6-7,9,14,18H,3-5,8,10-12H2,1-2H3. The highest BCUT2D eigenvalue weighted by Gasteiger charge is 2.17. The van der Waals surface area contributed by atoms with Gasteiger partial charge in [-0.1, -0.05) is 24.6 Å². The van der Waals surface area contributed by atoms with Crippen LogP contribution in [0.25, 0.3) is 0 Å². The molecule has 4 heteroatoms. The molecule has 0 saturated carbocycles. The van der Waals surface area contributed by atoms with Crippen molar-refractivity contribution in [3.8, 4) is 0 Å². The lowest BCUT2D eigenvalue weighted by Crippen LogP contribution is -2.31. The first-order chi connectivity index (χ1) is 9.70. The Morgan fingerprint density at radius 1 is 1.45 bits per heavy atom. The summed E-state index contributed by atoms with van der Waals surface area (Å²) in [6, 6.07) is 6.34. The van der Waals surface area contributed by atoms with Gasteiger partial charge in [0.05, 0.1) is 17.3 Å². The number of rotatable bonds is 6. The number of anilines is 1. The van der Waals surface area contributed by atoms with Crippen molar-refractivity contribution in [2.24, 2.45) is 5.92 Å². The molecule has 1 aliphatic rings. The van der Waals surface area contributed by atoms with Crippen LogP contribution in [-0.2, 0) is 11.3 Å². The molecule has 0 amide bonds. The van der Waals surface area contributed by atoms with E-state index in [0.717, 1.165) is 43.6 Å². The van der Waals surface area contributed by atoms with E-state index in [2.05, 4.69) is 42.4 Å². The maximum absolute atomic E-state index is 6.42. The number of nitrogens with one attached hydrogen (secondary N) is 1. The Labute approximate surface area is 127 Å². The second kappa shape index (κ2) is 7.87. The number of halogens is 1. The molecule has 2 rings (SSSR count). The summed E-state index contributed by atoms with van der Waals surface area (Å²) in [5.41, 5.74) is 2.34. The van der Waals surface area contributed by atoms with Gasteiger partial charge in [0.15, 0.2) is 0 Å². The molecule has 3 nitrogen and oxygen atoms in total. The Hall–Kier alpha value is -0.770. The summed E-state index contributed by atoms with van der Waals surface area (Å²) in [5.74, 6) is 0.617. The second-order valence-electron chi connectivity index (χ2n) is 5.53. The third kappa shape index (κ3) is 4.37. The molecule has 1 saturated heterocycles. The maximum Gasteiger partial charge on any atom is 0.0642 e. The van der Waals surface area contributed by atoms with E-state index in [1.165, 1.54) is 18.4 Å². The average molecular weight is 297 g/mol. The van der Waals surface area contributed by atoms with Crippen molar-refractivity contribution in [2.45, 2.75) is 26.3 Å². The minimum atomic E-state index is 0.617. The Kier molecular flexibility index (Phi) is 6.14. The molecule has 0 aromatic heterocycles. The van der Waals surface area contributed by atoms with Crippen LogP contribution in [0, 0.1) is 5.92 Å². The number of benzene rings is 1. The van der Waals surface area contributed by atoms with Crippen LogP contribution in [0.4, 0.5) is 5.69 Å². The smallest absolute Gasteiger partial charge is 0.0642 e. The van der Waals surface area contributed by atoms with E-state index >= 15 is 0 Å². The quantitative estimate of drug-likeness (QED) is 0.871. The Bertz CT molecular complexity index is 419. The van der Waals surface area contributed by atoms with Crippen molar-refractivity contribution < 1.29 is 4.74 Å². The van der Waals surface area contributed by atoms with Crippen LogP contribution in [0.5, 0.6) is 0 Å². The molecular weight excluding hydrogens is 272 g/mol. The zero-order valence-corrected chi connectivity index (χ0v) is 13.2. The molecule has 1 heterocycles. The summed E-state index contributed by atoms with van der Waals surface area (Å²) in [4.78, 5) is 2.25. The fourth-order valence-electron chi connectivity index (χ4n) is 2.68. The van der Waals surface area contributed by atoms with Gasteiger partial charge in [-0.05, 0) is 43.0 Å². The number of nitrogens with zero attached hydrogens (tertiary/aromatic N) is 1. The molecule has 1 N–H and O–H groups in total. The normalized spacial score (nSPS) is 19.1. The van der Waals surface area contributed by atoms with Crippen molar-refractivity contribution in [2.75, 3.05) is 38.3 Å². The number of ether oxygens (including phenoxy) is 1. The van der Waals surface area contributed by atoms with Crippen LogP contribution in [0.1, 0.15) is 25.3 Å². The van der Waals surface area contributed by atoms with Crippen LogP contribution < -0.4 is 10.2 Å². The third-order valence-electron chi connectivity index (χ3n) is 3.79. The van der Waals surface area contributed by atoms with Gasteiger partial charge in [0.2, 0.25) is 0 Å². The summed E-state index contributed by atoms with van der Waals surface area (Å²) < 4.78 is 5.54. The lowest BCUT2D eigenvalue weighted by Gasteiger charge is -2.29. The predicted octanol–water partition coefficient (Wildman–Crippen LogP) is 3.31. The van der Waals surface area contributed by atoms with Gasteiger partial charge in [0.25, 0.3) is 0 Å². The molecular formula is C16H25ClN2O. The summed E-state index contributed by atoms with van der Waals surface area (Å²) in [5, 5.41) is 4.15. The van der Waals surface area contributed by atoms with Gasteiger partial charge in [0.1, 0.15) is 0 Å². The van der Waals surface area contributed by atoms with Crippen molar-refractivity contribution in [1.29, 1.82) is 0 Å². The highest BCUT2D eigenvalue weighted by atomic mass is 35.5. The van der Waals surface area contributed by atoms with E-state index in [0.29, 0.717) is 5.92 Å². The van der Waals surface area contributed by atoms with Gasteiger partial charge >= 0.3 is 0 Å².